The van der Waals surface area contributed by atoms with Gasteiger partial charge >= 0.3 is 0 Å². The molecule has 1 amide bonds. The van der Waals surface area contributed by atoms with Crippen LogP contribution in [0.25, 0.3) is 10.9 Å². The van der Waals surface area contributed by atoms with Crippen LogP contribution in [0.15, 0.2) is 48.5 Å². The molecule has 3 N–H and O–H groups in total. The topological polar surface area (TPSA) is 66.4 Å². The molecule has 0 aliphatic carbocycles. The van der Waals surface area contributed by atoms with Gasteiger partial charge in [0.2, 0.25) is 5.78 Å². The SMILES string of the molecule is Cc1[nH]c2ccccc2c1C(=O)[C@@H](C)[NH+](C)CC(=O)Nc1ccc(F)cc1. The number of Topliss-reactive ketones (excluding diaryl/α,β-unsaturated/α-hetero) is 1. The zero-order valence-electron chi connectivity index (χ0n) is 15.6. The first kappa shape index (κ1) is 18.8. The Kier molecular flexibility index (Phi) is 5.37. The molecule has 0 fully saturated rings. The van der Waals surface area contributed by atoms with Gasteiger partial charge in [-0.25, -0.2) is 4.39 Å². The first-order chi connectivity index (χ1) is 12.9. The molecule has 1 aromatic heterocycles. The Bertz CT molecular complexity index is 979. The summed E-state index contributed by atoms with van der Waals surface area (Å²) >= 11 is 0. The summed E-state index contributed by atoms with van der Waals surface area (Å²) in [4.78, 5) is 29.3. The van der Waals surface area contributed by atoms with Gasteiger partial charge in [0.1, 0.15) is 11.9 Å². The van der Waals surface area contributed by atoms with Crippen molar-refractivity contribution in [3.63, 3.8) is 0 Å². The van der Waals surface area contributed by atoms with E-state index < -0.39 is 0 Å². The maximum absolute atomic E-state index is 13.0. The van der Waals surface area contributed by atoms with Crippen LogP contribution in [0.3, 0.4) is 0 Å². The number of hydrogen-bond donors (Lipinski definition) is 3. The van der Waals surface area contributed by atoms with E-state index in [0.717, 1.165) is 21.5 Å². The average molecular weight is 368 g/mol. The molecule has 2 atom stereocenters. The number of carbonyl (C=O) groups is 2. The number of halogens is 1. The second kappa shape index (κ2) is 7.72. The lowest BCUT2D eigenvalue weighted by molar-refractivity contribution is -0.885. The molecule has 0 saturated carbocycles. The summed E-state index contributed by atoms with van der Waals surface area (Å²) < 4.78 is 13.0. The van der Waals surface area contributed by atoms with E-state index in [0.29, 0.717) is 11.3 Å². The number of aromatic amines is 1. The molecular formula is C21H23FN3O2+. The minimum Gasteiger partial charge on any atom is -0.358 e. The van der Waals surface area contributed by atoms with Crippen molar-refractivity contribution in [2.75, 3.05) is 18.9 Å². The Morgan fingerprint density at radius 1 is 1.15 bits per heavy atom. The van der Waals surface area contributed by atoms with E-state index in [9.17, 15) is 14.0 Å². The van der Waals surface area contributed by atoms with Gasteiger partial charge in [0, 0.05) is 22.3 Å². The summed E-state index contributed by atoms with van der Waals surface area (Å²) in [6, 6.07) is 12.9. The fourth-order valence-corrected chi connectivity index (χ4v) is 3.18. The number of rotatable bonds is 6. The van der Waals surface area contributed by atoms with Crippen LogP contribution in [-0.2, 0) is 4.79 Å². The molecule has 1 unspecified atom stereocenters. The number of aromatic nitrogens is 1. The molecule has 0 radical (unpaired) electrons. The highest BCUT2D eigenvalue weighted by atomic mass is 19.1. The second-order valence-electron chi connectivity index (χ2n) is 6.83. The number of likely N-dealkylation sites (N-methyl/N-ethyl adjacent to an activating group) is 1. The Labute approximate surface area is 157 Å². The smallest absolute Gasteiger partial charge is 0.279 e. The van der Waals surface area contributed by atoms with E-state index in [2.05, 4.69) is 10.3 Å². The molecule has 0 saturated heterocycles. The molecule has 0 aliphatic rings. The number of quaternary nitrogens is 1. The maximum atomic E-state index is 13.0. The molecule has 0 spiro atoms. The van der Waals surface area contributed by atoms with Gasteiger partial charge in [0.25, 0.3) is 5.91 Å². The van der Waals surface area contributed by atoms with Crippen molar-refractivity contribution in [2.24, 2.45) is 0 Å². The molecule has 0 aliphatic heterocycles. The molecule has 1 heterocycles. The summed E-state index contributed by atoms with van der Waals surface area (Å²) in [6.45, 7) is 3.84. The van der Waals surface area contributed by atoms with Crippen LogP contribution < -0.4 is 10.2 Å². The number of aryl methyl sites for hydroxylation is 1. The molecular weight excluding hydrogens is 345 g/mol. The van der Waals surface area contributed by atoms with Crippen molar-refractivity contribution in [1.29, 1.82) is 0 Å². The van der Waals surface area contributed by atoms with Crippen LogP contribution in [0.1, 0.15) is 23.0 Å². The predicted molar refractivity (Wildman–Crippen MR) is 104 cm³/mol. The van der Waals surface area contributed by atoms with E-state index >= 15 is 0 Å². The predicted octanol–water partition coefficient (Wildman–Crippen LogP) is 2.34. The molecule has 3 aromatic rings. The van der Waals surface area contributed by atoms with Gasteiger partial charge in [-0.2, -0.15) is 0 Å². The van der Waals surface area contributed by atoms with Gasteiger partial charge in [0.05, 0.1) is 12.6 Å². The first-order valence-corrected chi connectivity index (χ1v) is 8.86. The quantitative estimate of drug-likeness (QED) is 0.585. The summed E-state index contributed by atoms with van der Waals surface area (Å²) in [5.41, 5.74) is 2.96. The lowest BCUT2D eigenvalue weighted by Crippen LogP contribution is -3.14. The van der Waals surface area contributed by atoms with Crippen molar-refractivity contribution in [1.82, 2.24) is 4.98 Å². The van der Waals surface area contributed by atoms with E-state index in [1.54, 1.807) is 0 Å². The monoisotopic (exact) mass is 368 g/mol. The number of para-hydroxylation sites is 1. The highest BCUT2D eigenvalue weighted by Gasteiger charge is 2.28. The van der Waals surface area contributed by atoms with Gasteiger partial charge in [-0.05, 0) is 44.2 Å². The van der Waals surface area contributed by atoms with Gasteiger partial charge in [-0.15, -0.1) is 0 Å². The van der Waals surface area contributed by atoms with Crippen molar-refractivity contribution < 1.29 is 18.9 Å². The molecule has 27 heavy (non-hydrogen) atoms. The van der Waals surface area contributed by atoms with Crippen molar-refractivity contribution in [3.8, 4) is 0 Å². The Balaban J connectivity index is 1.69. The van der Waals surface area contributed by atoms with E-state index in [1.165, 1.54) is 24.3 Å². The van der Waals surface area contributed by atoms with Crippen LogP contribution >= 0.6 is 0 Å². The highest BCUT2D eigenvalue weighted by molar-refractivity contribution is 6.11. The summed E-state index contributed by atoms with van der Waals surface area (Å²) in [5.74, 6) is -0.588. The van der Waals surface area contributed by atoms with Gasteiger partial charge in [0.15, 0.2) is 6.54 Å². The summed E-state index contributed by atoms with van der Waals surface area (Å²) in [5, 5.41) is 3.62. The molecule has 0 bridgehead atoms. The average Bonchev–Trinajstić information content (AvgIpc) is 2.98. The normalized spacial score (nSPS) is 13.3. The van der Waals surface area contributed by atoms with Crippen molar-refractivity contribution in [2.45, 2.75) is 19.9 Å². The number of fused-ring (bicyclic) bond motifs is 1. The van der Waals surface area contributed by atoms with Crippen LogP contribution in [0.2, 0.25) is 0 Å². The van der Waals surface area contributed by atoms with Crippen molar-refractivity contribution >= 4 is 28.3 Å². The number of carbonyl (C=O) groups excluding carboxylic acids is 2. The number of H-pyrrole nitrogens is 1. The Hall–Kier alpha value is -2.99. The number of anilines is 1. The number of amides is 1. The third-order valence-corrected chi connectivity index (χ3v) is 4.84. The number of hydrogen-bond acceptors (Lipinski definition) is 2. The van der Waals surface area contributed by atoms with Gasteiger partial charge < -0.3 is 15.2 Å². The third kappa shape index (κ3) is 4.06. The molecule has 6 heteroatoms. The van der Waals surface area contributed by atoms with Crippen LogP contribution in [-0.4, -0.2) is 36.3 Å². The fraction of sp³-hybridized carbons (Fsp3) is 0.238. The van der Waals surface area contributed by atoms with Gasteiger partial charge in [-0.1, -0.05) is 18.2 Å². The maximum Gasteiger partial charge on any atom is 0.279 e. The molecule has 3 rings (SSSR count). The summed E-state index contributed by atoms with van der Waals surface area (Å²) in [6.07, 6.45) is 0. The molecule has 2 aromatic carbocycles. The first-order valence-electron chi connectivity index (χ1n) is 8.86. The van der Waals surface area contributed by atoms with Crippen molar-refractivity contribution in [3.05, 3.63) is 65.6 Å². The molecule has 140 valence electrons. The highest BCUT2D eigenvalue weighted by Crippen LogP contribution is 2.22. The number of benzene rings is 2. The zero-order valence-corrected chi connectivity index (χ0v) is 15.6. The van der Waals surface area contributed by atoms with Crippen LogP contribution in [0.5, 0.6) is 0 Å². The molecule has 5 nitrogen and oxygen atoms in total. The zero-order chi connectivity index (χ0) is 19.6. The summed E-state index contributed by atoms with van der Waals surface area (Å²) in [7, 11) is 1.82. The lowest BCUT2D eigenvalue weighted by atomic mass is 10.0. The van der Waals surface area contributed by atoms with E-state index in [4.69, 9.17) is 0 Å². The fourth-order valence-electron chi connectivity index (χ4n) is 3.18. The number of ketones is 1. The minimum absolute atomic E-state index is 0.00275. The van der Waals surface area contributed by atoms with Crippen LogP contribution in [0.4, 0.5) is 10.1 Å². The number of nitrogens with one attached hydrogen (secondary N) is 3. The third-order valence-electron chi connectivity index (χ3n) is 4.84. The van der Waals surface area contributed by atoms with Gasteiger partial charge in [-0.3, -0.25) is 9.59 Å². The van der Waals surface area contributed by atoms with Crippen LogP contribution in [0, 0.1) is 12.7 Å². The van der Waals surface area contributed by atoms with E-state index in [-0.39, 0.29) is 30.1 Å². The second-order valence-corrected chi connectivity index (χ2v) is 6.83. The standard InChI is InChI=1S/C21H22FN3O2/c1-13-20(17-6-4-5-7-18(17)23-13)21(27)14(2)25(3)12-19(26)24-16-10-8-15(22)9-11-16/h4-11,14,23H,12H2,1-3H3,(H,24,26)/p+1/t14-/m1/s1. The lowest BCUT2D eigenvalue weighted by Gasteiger charge is -2.20. The minimum atomic E-state index is -0.387. The van der Waals surface area contributed by atoms with E-state index in [1.807, 2.05) is 45.2 Å². The Morgan fingerprint density at radius 2 is 1.81 bits per heavy atom. The Morgan fingerprint density at radius 3 is 2.52 bits per heavy atom. The largest absolute Gasteiger partial charge is 0.358 e.